The molecule has 0 unspecified atom stereocenters. The standard InChI is InChI=1S/C20H25N5O/c1-13(19(26)24-20(2)10-11-20)25(3)18-14-7-6-9-15(14)22-17(23-18)16-8-4-5-12-21-16/h4-5,8,12-13H,6-7,9-11H2,1-3H3,(H,24,26)/t13-/m1/s1. The van der Waals surface area contributed by atoms with E-state index < -0.39 is 0 Å². The van der Waals surface area contributed by atoms with Crippen LogP contribution in [0.1, 0.15) is 44.4 Å². The summed E-state index contributed by atoms with van der Waals surface area (Å²) in [6.07, 6.45) is 6.86. The lowest BCUT2D eigenvalue weighted by atomic mass is 10.1. The summed E-state index contributed by atoms with van der Waals surface area (Å²) in [6.45, 7) is 4.03. The van der Waals surface area contributed by atoms with Gasteiger partial charge in [0.2, 0.25) is 5.91 Å². The molecule has 2 aromatic heterocycles. The van der Waals surface area contributed by atoms with Gasteiger partial charge in [0.15, 0.2) is 5.82 Å². The van der Waals surface area contributed by atoms with Crippen molar-refractivity contribution in [3.05, 3.63) is 35.7 Å². The molecule has 0 aromatic carbocycles. The molecule has 0 bridgehead atoms. The average Bonchev–Trinajstić information content (AvgIpc) is 3.19. The number of carbonyl (C=O) groups is 1. The first-order valence-corrected chi connectivity index (χ1v) is 9.33. The Bertz CT molecular complexity index is 832. The fourth-order valence-corrected chi connectivity index (χ4v) is 3.39. The number of nitrogens with one attached hydrogen (secondary N) is 1. The minimum atomic E-state index is -0.288. The summed E-state index contributed by atoms with van der Waals surface area (Å²) in [5, 5.41) is 3.16. The third-order valence-corrected chi connectivity index (χ3v) is 5.52. The second kappa shape index (κ2) is 6.34. The second-order valence-electron chi connectivity index (χ2n) is 7.70. The Kier molecular flexibility index (Phi) is 4.13. The van der Waals surface area contributed by atoms with E-state index in [1.807, 2.05) is 37.1 Å². The van der Waals surface area contributed by atoms with Crippen LogP contribution in [0.15, 0.2) is 24.4 Å². The van der Waals surface area contributed by atoms with Gasteiger partial charge in [-0.15, -0.1) is 0 Å². The molecule has 26 heavy (non-hydrogen) atoms. The molecular weight excluding hydrogens is 326 g/mol. The summed E-state index contributed by atoms with van der Waals surface area (Å²) in [6, 6.07) is 5.46. The first-order valence-electron chi connectivity index (χ1n) is 9.33. The predicted molar refractivity (Wildman–Crippen MR) is 101 cm³/mol. The van der Waals surface area contributed by atoms with Gasteiger partial charge in [0.1, 0.15) is 17.6 Å². The van der Waals surface area contributed by atoms with Gasteiger partial charge in [0.05, 0.1) is 0 Å². The third-order valence-electron chi connectivity index (χ3n) is 5.52. The van der Waals surface area contributed by atoms with Gasteiger partial charge in [-0.2, -0.15) is 0 Å². The Balaban J connectivity index is 1.66. The third kappa shape index (κ3) is 3.16. The summed E-state index contributed by atoms with van der Waals surface area (Å²) < 4.78 is 0. The van der Waals surface area contributed by atoms with E-state index in [0.717, 1.165) is 49.3 Å². The van der Waals surface area contributed by atoms with Crippen LogP contribution in [0.25, 0.3) is 11.5 Å². The van der Waals surface area contributed by atoms with Gasteiger partial charge in [-0.25, -0.2) is 9.97 Å². The first-order chi connectivity index (χ1) is 12.5. The molecule has 136 valence electrons. The maximum absolute atomic E-state index is 12.7. The number of pyridine rings is 1. The fourth-order valence-electron chi connectivity index (χ4n) is 3.39. The number of likely N-dealkylation sites (N-methyl/N-ethyl adjacent to an activating group) is 1. The molecule has 0 saturated heterocycles. The number of rotatable bonds is 5. The summed E-state index contributed by atoms with van der Waals surface area (Å²) in [4.78, 5) is 28.6. The van der Waals surface area contributed by atoms with Crippen LogP contribution >= 0.6 is 0 Å². The Morgan fingerprint density at radius 1 is 1.27 bits per heavy atom. The van der Waals surface area contributed by atoms with Crippen molar-refractivity contribution in [2.45, 2.75) is 57.5 Å². The summed E-state index contributed by atoms with van der Waals surface area (Å²) in [5.74, 6) is 1.55. The molecule has 1 N–H and O–H groups in total. The van der Waals surface area contributed by atoms with E-state index in [2.05, 4.69) is 17.2 Å². The molecule has 0 spiro atoms. The number of anilines is 1. The molecule has 6 nitrogen and oxygen atoms in total. The van der Waals surface area contributed by atoms with Crippen molar-refractivity contribution >= 4 is 11.7 Å². The van der Waals surface area contributed by atoms with Crippen molar-refractivity contribution in [3.63, 3.8) is 0 Å². The smallest absolute Gasteiger partial charge is 0.242 e. The highest BCUT2D eigenvalue weighted by Gasteiger charge is 2.40. The van der Waals surface area contributed by atoms with Crippen LogP contribution in [-0.4, -0.2) is 39.5 Å². The van der Waals surface area contributed by atoms with E-state index in [1.165, 1.54) is 5.56 Å². The number of fused-ring (bicyclic) bond motifs is 1. The van der Waals surface area contributed by atoms with Crippen LogP contribution in [0.4, 0.5) is 5.82 Å². The lowest BCUT2D eigenvalue weighted by molar-refractivity contribution is -0.122. The molecular formula is C20H25N5O. The van der Waals surface area contributed by atoms with Crippen molar-refractivity contribution in [1.82, 2.24) is 20.3 Å². The highest BCUT2D eigenvalue weighted by molar-refractivity contribution is 5.85. The predicted octanol–water partition coefficient (Wildman–Crippen LogP) is 2.52. The number of aryl methyl sites for hydroxylation is 1. The maximum Gasteiger partial charge on any atom is 0.242 e. The Morgan fingerprint density at radius 2 is 2.08 bits per heavy atom. The molecule has 1 atom stereocenters. The van der Waals surface area contributed by atoms with E-state index >= 15 is 0 Å². The zero-order valence-corrected chi connectivity index (χ0v) is 15.6. The Labute approximate surface area is 154 Å². The van der Waals surface area contributed by atoms with Gasteiger partial charge >= 0.3 is 0 Å². The number of nitrogens with zero attached hydrogens (tertiary/aromatic N) is 4. The lowest BCUT2D eigenvalue weighted by Gasteiger charge is -2.28. The topological polar surface area (TPSA) is 71.0 Å². The molecule has 1 saturated carbocycles. The normalized spacial score (nSPS) is 18.1. The molecule has 6 heteroatoms. The van der Waals surface area contributed by atoms with Crippen LogP contribution in [0.3, 0.4) is 0 Å². The summed E-state index contributed by atoms with van der Waals surface area (Å²) in [7, 11) is 1.95. The van der Waals surface area contributed by atoms with Crippen molar-refractivity contribution in [1.29, 1.82) is 0 Å². The highest BCUT2D eigenvalue weighted by atomic mass is 16.2. The SMILES string of the molecule is C[C@H](C(=O)NC1(C)CC1)N(C)c1nc(-c2ccccn2)nc2c1CCC2. The number of carbonyl (C=O) groups excluding carboxylic acids is 1. The summed E-state index contributed by atoms with van der Waals surface area (Å²) in [5.41, 5.74) is 3.01. The largest absolute Gasteiger partial charge is 0.349 e. The lowest BCUT2D eigenvalue weighted by Crippen LogP contribution is -2.47. The van der Waals surface area contributed by atoms with Crippen LogP contribution in [0.2, 0.25) is 0 Å². The maximum atomic E-state index is 12.7. The second-order valence-corrected chi connectivity index (χ2v) is 7.70. The molecule has 0 radical (unpaired) electrons. The summed E-state index contributed by atoms with van der Waals surface area (Å²) >= 11 is 0. The zero-order chi connectivity index (χ0) is 18.3. The number of hydrogen-bond acceptors (Lipinski definition) is 5. The molecule has 1 fully saturated rings. The van der Waals surface area contributed by atoms with Gasteiger partial charge in [0, 0.05) is 30.0 Å². The van der Waals surface area contributed by atoms with E-state index in [1.54, 1.807) is 6.20 Å². The molecule has 2 heterocycles. The number of amides is 1. The van der Waals surface area contributed by atoms with Gasteiger partial charge in [-0.05, 0) is 58.1 Å². The van der Waals surface area contributed by atoms with Crippen LogP contribution < -0.4 is 10.2 Å². The monoisotopic (exact) mass is 351 g/mol. The molecule has 2 aliphatic rings. The van der Waals surface area contributed by atoms with Gasteiger partial charge in [-0.3, -0.25) is 9.78 Å². The van der Waals surface area contributed by atoms with Crippen LogP contribution in [-0.2, 0) is 17.6 Å². The molecule has 2 aromatic rings. The van der Waals surface area contributed by atoms with Crippen molar-refractivity contribution in [3.8, 4) is 11.5 Å². The van der Waals surface area contributed by atoms with E-state index in [4.69, 9.17) is 9.97 Å². The molecule has 2 aliphatic carbocycles. The van der Waals surface area contributed by atoms with Crippen molar-refractivity contribution in [2.24, 2.45) is 0 Å². The highest BCUT2D eigenvalue weighted by Crippen LogP contribution is 2.35. The minimum absolute atomic E-state index is 0.0150. The van der Waals surface area contributed by atoms with E-state index in [0.29, 0.717) is 5.82 Å². The van der Waals surface area contributed by atoms with Crippen LogP contribution in [0, 0.1) is 0 Å². The zero-order valence-electron chi connectivity index (χ0n) is 15.6. The molecule has 1 amide bonds. The Morgan fingerprint density at radius 3 is 2.77 bits per heavy atom. The van der Waals surface area contributed by atoms with Gasteiger partial charge in [0.25, 0.3) is 0 Å². The van der Waals surface area contributed by atoms with E-state index in [9.17, 15) is 4.79 Å². The minimum Gasteiger partial charge on any atom is -0.349 e. The molecule has 4 rings (SSSR count). The van der Waals surface area contributed by atoms with Gasteiger partial charge < -0.3 is 10.2 Å². The average molecular weight is 351 g/mol. The Hall–Kier alpha value is -2.50. The van der Waals surface area contributed by atoms with Crippen molar-refractivity contribution < 1.29 is 4.79 Å². The molecule has 0 aliphatic heterocycles. The first kappa shape index (κ1) is 16.9. The van der Waals surface area contributed by atoms with E-state index in [-0.39, 0.29) is 17.5 Å². The van der Waals surface area contributed by atoms with Gasteiger partial charge in [-0.1, -0.05) is 6.07 Å². The van der Waals surface area contributed by atoms with Crippen LogP contribution in [0.5, 0.6) is 0 Å². The van der Waals surface area contributed by atoms with Crippen molar-refractivity contribution in [2.75, 3.05) is 11.9 Å². The fraction of sp³-hybridized carbons (Fsp3) is 0.500. The number of aromatic nitrogens is 3. The quantitative estimate of drug-likeness (QED) is 0.896. The number of hydrogen-bond donors (Lipinski definition) is 1.